The van der Waals surface area contributed by atoms with Crippen molar-refractivity contribution >= 4 is 28.9 Å². The van der Waals surface area contributed by atoms with E-state index in [1.165, 1.54) is 0 Å². The molecule has 6 nitrogen and oxygen atoms in total. The third kappa shape index (κ3) is 2.91. The van der Waals surface area contributed by atoms with Gasteiger partial charge in [0, 0.05) is 11.8 Å². The number of carboxylic acid groups (broad SMARTS) is 1. The first kappa shape index (κ1) is 12.2. The van der Waals surface area contributed by atoms with Gasteiger partial charge in [0.15, 0.2) is 0 Å². The molecule has 0 radical (unpaired) electrons. The van der Waals surface area contributed by atoms with Gasteiger partial charge in [0.1, 0.15) is 6.04 Å². The van der Waals surface area contributed by atoms with Crippen molar-refractivity contribution in [1.82, 2.24) is 10.6 Å². The third-order valence-electron chi connectivity index (χ3n) is 3.12. The maximum atomic E-state index is 11.7. The molecule has 94 valence electrons. The van der Waals surface area contributed by atoms with Crippen LogP contribution in [0.3, 0.4) is 0 Å². The fourth-order valence-corrected chi connectivity index (χ4v) is 2.94. The summed E-state index contributed by atoms with van der Waals surface area (Å²) in [4.78, 5) is 33.4. The number of amides is 2. The van der Waals surface area contributed by atoms with Crippen LogP contribution in [-0.2, 0) is 9.59 Å². The number of hydrogen-bond donors (Lipinski definition) is 3. The Morgan fingerprint density at radius 2 is 2.18 bits per heavy atom. The molecule has 3 unspecified atom stereocenters. The van der Waals surface area contributed by atoms with E-state index in [-0.39, 0.29) is 23.1 Å². The summed E-state index contributed by atoms with van der Waals surface area (Å²) in [7, 11) is 0. The Labute approximate surface area is 103 Å². The molecule has 7 heteroatoms. The number of hydrogen-bond acceptors (Lipinski definition) is 4. The zero-order chi connectivity index (χ0) is 12.4. The Bertz CT molecular complexity index is 360. The molecule has 3 atom stereocenters. The average molecular weight is 258 g/mol. The first-order chi connectivity index (χ1) is 8.06. The zero-order valence-corrected chi connectivity index (χ0v) is 9.96. The quantitative estimate of drug-likeness (QED) is 0.671. The summed E-state index contributed by atoms with van der Waals surface area (Å²) in [6.45, 7) is 0. The molecule has 1 heterocycles. The molecule has 2 amide bonds. The van der Waals surface area contributed by atoms with E-state index < -0.39 is 12.0 Å². The number of nitrogens with one attached hydrogen (secondary N) is 2. The van der Waals surface area contributed by atoms with Crippen LogP contribution in [0.25, 0.3) is 0 Å². The Hall–Kier alpha value is -1.24. The minimum atomic E-state index is -0.800. The van der Waals surface area contributed by atoms with Crippen LogP contribution in [0.4, 0.5) is 4.79 Å². The lowest BCUT2D eigenvalue weighted by molar-refractivity contribution is -0.141. The van der Waals surface area contributed by atoms with Gasteiger partial charge in [-0.25, -0.2) is 0 Å². The number of carbonyl (C=O) groups is 3. The molecule has 1 aliphatic heterocycles. The van der Waals surface area contributed by atoms with Crippen molar-refractivity contribution in [3.05, 3.63) is 0 Å². The van der Waals surface area contributed by atoms with Crippen LogP contribution < -0.4 is 10.6 Å². The summed E-state index contributed by atoms with van der Waals surface area (Å²) in [6, 6.07) is -0.553. The lowest BCUT2D eigenvalue weighted by Gasteiger charge is -2.15. The van der Waals surface area contributed by atoms with Crippen molar-refractivity contribution in [3.63, 3.8) is 0 Å². The van der Waals surface area contributed by atoms with Gasteiger partial charge in [-0.15, -0.1) is 0 Å². The normalized spacial score (nSPS) is 32.2. The molecule has 0 aromatic heterocycles. The molecule has 17 heavy (non-hydrogen) atoms. The molecular weight excluding hydrogens is 244 g/mol. The van der Waals surface area contributed by atoms with Gasteiger partial charge in [-0.05, 0) is 19.3 Å². The second-order valence-corrected chi connectivity index (χ2v) is 5.34. The van der Waals surface area contributed by atoms with Crippen LogP contribution in [0, 0.1) is 5.92 Å². The highest BCUT2D eigenvalue weighted by Crippen LogP contribution is 2.26. The fourth-order valence-electron chi connectivity index (χ4n) is 2.16. The first-order valence-electron chi connectivity index (χ1n) is 5.52. The molecule has 1 saturated carbocycles. The van der Waals surface area contributed by atoms with Gasteiger partial charge in [0.2, 0.25) is 5.91 Å². The van der Waals surface area contributed by atoms with E-state index >= 15 is 0 Å². The van der Waals surface area contributed by atoms with Crippen LogP contribution in [0.1, 0.15) is 19.3 Å². The van der Waals surface area contributed by atoms with E-state index in [1.807, 2.05) is 0 Å². The lowest BCUT2D eigenvalue weighted by Crippen LogP contribution is -2.46. The first-order valence-corrected chi connectivity index (χ1v) is 6.51. The topological polar surface area (TPSA) is 95.5 Å². The van der Waals surface area contributed by atoms with E-state index in [9.17, 15) is 14.4 Å². The van der Waals surface area contributed by atoms with E-state index in [4.69, 9.17) is 5.11 Å². The summed E-state index contributed by atoms with van der Waals surface area (Å²) in [5, 5.41) is 14.0. The van der Waals surface area contributed by atoms with Crippen molar-refractivity contribution < 1.29 is 19.5 Å². The molecule has 2 rings (SSSR count). The second kappa shape index (κ2) is 4.95. The van der Waals surface area contributed by atoms with Gasteiger partial charge in [0.05, 0.1) is 5.92 Å². The monoisotopic (exact) mass is 258 g/mol. The highest BCUT2D eigenvalue weighted by atomic mass is 32.2. The summed E-state index contributed by atoms with van der Waals surface area (Å²) >= 11 is 1.09. The molecule has 3 N–H and O–H groups in total. The van der Waals surface area contributed by atoms with Gasteiger partial charge < -0.3 is 15.7 Å². The molecule has 2 fully saturated rings. The van der Waals surface area contributed by atoms with Crippen LogP contribution in [0.15, 0.2) is 0 Å². The van der Waals surface area contributed by atoms with E-state index in [1.54, 1.807) is 0 Å². The summed E-state index contributed by atoms with van der Waals surface area (Å²) < 4.78 is 0. The summed E-state index contributed by atoms with van der Waals surface area (Å²) in [5.74, 6) is -0.918. The third-order valence-corrected chi connectivity index (χ3v) is 4.00. The minimum absolute atomic E-state index is 0.0777. The van der Waals surface area contributed by atoms with Crippen LogP contribution in [-0.4, -0.2) is 40.1 Å². The van der Waals surface area contributed by atoms with Crippen LogP contribution in [0.5, 0.6) is 0 Å². The Kier molecular flexibility index (Phi) is 3.56. The number of carbonyl (C=O) groups excluding carboxylic acids is 2. The van der Waals surface area contributed by atoms with Gasteiger partial charge in [-0.1, -0.05) is 11.8 Å². The van der Waals surface area contributed by atoms with Crippen LogP contribution >= 0.6 is 11.8 Å². The van der Waals surface area contributed by atoms with Crippen molar-refractivity contribution in [1.29, 1.82) is 0 Å². The molecule has 0 aromatic carbocycles. The molecule has 2 aliphatic rings. The largest absolute Gasteiger partial charge is 0.481 e. The Morgan fingerprint density at radius 3 is 2.71 bits per heavy atom. The van der Waals surface area contributed by atoms with Gasteiger partial charge in [0.25, 0.3) is 5.24 Å². The predicted molar refractivity (Wildman–Crippen MR) is 61.7 cm³/mol. The van der Waals surface area contributed by atoms with Crippen molar-refractivity contribution in [2.75, 3.05) is 5.75 Å². The van der Waals surface area contributed by atoms with E-state index in [0.29, 0.717) is 25.0 Å². The van der Waals surface area contributed by atoms with Crippen molar-refractivity contribution in [2.45, 2.75) is 31.3 Å². The number of aliphatic carboxylic acids is 1. The second-order valence-electron chi connectivity index (χ2n) is 4.35. The molecule has 0 bridgehead atoms. The van der Waals surface area contributed by atoms with Crippen LogP contribution in [0.2, 0.25) is 0 Å². The number of thioether (sulfide) groups is 1. The summed E-state index contributed by atoms with van der Waals surface area (Å²) in [6.07, 6.45) is 1.78. The predicted octanol–water partition coefficient (Wildman–Crippen LogP) is 0.181. The molecule has 0 aromatic rings. The van der Waals surface area contributed by atoms with E-state index in [2.05, 4.69) is 10.6 Å². The minimum Gasteiger partial charge on any atom is -0.481 e. The lowest BCUT2D eigenvalue weighted by atomic mass is 10.1. The number of rotatable bonds is 3. The fraction of sp³-hybridized carbons (Fsp3) is 0.700. The van der Waals surface area contributed by atoms with Gasteiger partial charge in [-0.3, -0.25) is 14.4 Å². The highest BCUT2D eigenvalue weighted by Gasteiger charge is 2.33. The van der Waals surface area contributed by atoms with Gasteiger partial charge in [-0.2, -0.15) is 0 Å². The standard InChI is InChI=1S/C10H14N2O4S/c13-8(7-4-17-10(16)12-7)11-6-2-1-5(3-6)9(14)15/h5-7H,1-4H2,(H,11,13)(H,12,16)(H,14,15). The molecule has 0 spiro atoms. The van der Waals surface area contributed by atoms with Crippen molar-refractivity contribution in [2.24, 2.45) is 5.92 Å². The maximum Gasteiger partial charge on any atom is 0.306 e. The Morgan fingerprint density at radius 1 is 1.41 bits per heavy atom. The van der Waals surface area contributed by atoms with Gasteiger partial charge >= 0.3 is 5.97 Å². The molecule has 1 aliphatic carbocycles. The molecule has 1 saturated heterocycles. The number of carboxylic acids is 1. The van der Waals surface area contributed by atoms with E-state index in [0.717, 1.165) is 11.8 Å². The van der Waals surface area contributed by atoms with Crippen molar-refractivity contribution in [3.8, 4) is 0 Å². The SMILES string of the molecule is O=C1NC(C(=O)NC2CCC(C(=O)O)C2)CS1. The zero-order valence-electron chi connectivity index (χ0n) is 9.14. The Balaban J connectivity index is 1.80. The molecular formula is C10H14N2O4S. The maximum absolute atomic E-state index is 11.7. The highest BCUT2D eigenvalue weighted by molar-refractivity contribution is 8.14. The smallest absolute Gasteiger partial charge is 0.306 e. The average Bonchev–Trinajstić information content (AvgIpc) is 2.86. The summed E-state index contributed by atoms with van der Waals surface area (Å²) in [5.41, 5.74) is 0.